The SMILES string of the molecule is Cc1ccc(C2(c3nccs3)CCNC2C)cc1. The minimum Gasteiger partial charge on any atom is -0.313 e. The van der Waals surface area contributed by atoms with E-state index in [4.69, 9.17) is 0 Å². The lowest BCUT2D eigenvalue weighted by Gasteiger charge is -2.32. The van der Waals surface area contributed by atoms with Crippen molar-refractivity contribution in [2.24, 2.45) is 0 Å². The average Bonchev–Trinajstić information content (AvgIpc) is 3.00. The molecule has 1 saturated heterocycles. The van der Waals surface area contributed by atoms with Crippen molar-refractivity contribution in [3.05, 3.63) is 52.0 Å². The van der Waals surface area contributed by atoms with E-state index >= 15 is 0 Å². The molecule has 0 saturated carbocycles. The van der Waals surface area contributed by atoms with Gasteiger partial charge in [0.15, 0.2) is 0 Å². The highest BCUT2D eigenvalue weighted by Crippen LogP contribution is 2.42. The van der Waals surface area contributed by atoms with Gasteiger partial charge in [0.1, 0.15) is 5.01 Å². The van der Waals surface area contributed by atoms with Gasteiger partial charge in [-0.2, -0.15) is 0 Å². The number of hydrogen-bond donors (Lipinski definition) is 1. The maximum Gasteiger partial charge on any atom is 0.105 e. The van der Waals surface area contributed by atoms with Crippen LogP contribution < -0.4 is 5.32 Å². The second kappa shape index (κ2) is 4.48. The van der Waals surface area contributed by atoms with Gasteiger partial charge in [0.25, 0.3) is 0 Å². The van der Waals surface area contributed by atoms with E-state index in [1.807, 2.05) is 6.20 Å². The van der Waals surface area contributed by atoms with Crippen LogP contribution in [-0.2, 0) is 5.41 Å². The Kier molecular flexibility index (Phi) is 2.96. The van der Waals surface area contributed by atoms with Crippen molar-refractivity contribution < 1.29 is 0 Å². The third kappa shape index (κ3) is 1.70. The largest absolute Gasteiger partial charge is 0.313 e. The van der Waals surface area contributed by atoms with Crippen molar-refractivity contribution in [2.45, 2.75) is 31.7 Å². The van der Waals surface area contributed by atoms with Crippen LogP contribution in [0.1, 0.15) is 29.5 Å². The molecule has 2 atom stereocenters. The monoisotopic (exact) mass is 258 g/mol. The van der Waals surface area contributed by atoms with Gasteiger partial charge in [-0.3, -0.25) is 0 Å². The van der Waals surface area contributed by atoms with Crippen molar-refractivity contribution >= 4 is 11.3 Å². The molecule has 94 valence electrons. The molecular weight excluding hydrogens is 240 g/mol. The van der Waals surface area contributed by atoms with Crippen LogP contribution in [0.2, 0.25) is 0 Å². The third-order valence-corrected chi connectivity index (χ3v) is 5.04. The summed E-state index contributed by atoms with van der Waals surface area (Å²) >= 11 is 1.77. The van der Waals surface area contributed by atoms with E-state index in [1.54, 1.807) is 11.3 Å². The Balaban J connectivity index is 2.14. The molecular formula is C15H18N2S. The molecule has 3 heteroatoms. The molecule has 1 aliphatic heterocycles. The fourth-order valence-electron chi connectivity index (χ4n) is 2.98. The standard InChI is InChI=1S/C15H18N2S/c1-11-3-5-13(6-4-11)15(7-8-16-12(15)2)14-17-9-10-18-14/h3-6,9-10,12,16H,7-8H2,1-2H3. The van der Waals surface area contributed by atoms with Gasteiger partial charge in [-0.05, 0) is 32.4 Å². The predicted molar refractivity (Wildman–Crippen MR) is 76.2 cm³/mol. The van der Waals surface area contributed by atoms with Crippen LogP contribution in [0.5, 0.6) is 0 Å². The number of benzene rings is 1. The topological polar surface area (TPSA) is 24.9 Å². The summed E-state index contributed by atoms with van der Waals surface area (Å²) in [6.45, 7) is 5.47. The van der Waals surface area contributed by atoms with Gasteiger partial charge in [0, 0.05) is 17.6 Å². The molecule has 2 heterocycles. The van der Waals surface area contributed by atoms with E-state index in [1.165, 1.54) is 16.1 Å². The van der Waals surface area contributed by atoms with Crippen LogP contribution in [-0.4, -0.2) is 17.6 Å². The van der Waals surface area contributed by atoms with Gasteiger partial charge in [0.05, 0.1) is 5.41 Å². The molecule has 1 fully saturated rings. The molecule has 2 nitrogen and oxygen atoms in total. The average molecular weight is 258 g/mol. The van der Waals surface area contributed by atoms with Gasteiger partial charge in [0.2, 0.25) is 0 Å². The molecule has 0 bridgehead atoms. The third-order valence-electron chi connectivity index (χ3n) is 4.09. The Morgan fingerprint density at radius 3 is 2.67 bits per heavy atom. The molecule has 3 rings (SSSR count). The highest BCUT2D eigenvalue weighted by atomic mass is 32.1. The molecule has 1 N–H and O–H groups in total. The zero-order chi connectivity index (χ0) is 12.6. The van der Waals surface area contributed by atoms with Crippen molar-refractivity contribution in [1.29, 1.82) is 0 Å². The summed E-state index contributed by atoms with van der Waals surface area (Å²) in [7, 11) is 0. The summed E-state index contributed by atoms with van der Waals surface area (Å²) < 4.78 is 0. The molecule has 0 amide bonds. The first-order valence-corrected chi connectivity index (χ1v) is 7.32. The van der Waals surface area contributed by atoms with Gasteiger partial charge in [-0.25, -0.2) is 4.98 Å². The summed E-state index contributed by atoms with van der Waals surface area (Å²) in [6, 6.07) is 9.37. The van der Waals surface area contributed by atoms with E-state index in [0.717, 1.165) is 13.0 Å². The quantitative estimate of drug-likeness (QED) is 0.895. The summed E-state index contributed by atoms with van der Waals surface area (Å²) in [6.07, 6.45) is 3.05. The van der Waals surface area contributed by atoms with Crippen LogP contribution in [0.15, 0.2) is 35.8 Å². The minimum atomic E-state index is 0.0574. The second-order valence-corrected chi connectivity index (χ2v) is 6.00. The summed E-state index contributed by atoms with van der Waals surface area (Å²) in [5.41, 5.74) is 2.76. The van der Waals surface area contributed by atoms with E-state index in [9.17, 15) is 0 Å². The highest BCUT2D eigenvalue weighted by molar-refractivity contribution is 7.09. The second-order valence-electron chi connectivity index (χ2n) is 5.10. The fraction of sp³-hybridized carbons (Fsp3) is 0.400. The minimum absolute atomic E-state index is 0.0574. The van der Waals surface area contributed by atoms with Crippen molar-refractivity contribution in [3.8, 4) is 0 Å². The van der Waals surface area contributed by atoms with Crippen LogP contribution in [0.25, 0.3) is 0 Å². The number of aromatic nitrogens is 1. The van der Waals surface area contributed by atoms with Crippen LogP contribution in [0.4, 0.5) is 0 Å². The van der Waals surface area contributed by atoms with Gasteiger partial charge in [-0.1, -0.05) is 29.8 Å². The zero-order valence-electron chi connectivity index (χ0n) is 10.8. The molecule has 1 aromatic carbocycles. The van der Waals surface area contributed by atoms with Crippen molar-refractivity contribution in [1.82, 2.24) is 10.3 Å². The van der Waals surface area contributed by atoms with Crippen LogP contribution >= 0.6 is 11.3 Å². The van der Waals surface area contributed by atoms with Gasteiger partial charge >= 0.3 is 0 Å². The van der Waals surface area contributed by atoms with Gasteiger partial charge in [-0.15, -0.1) is 11.3 Å². The number of hydrogen-bond acceptors (Lipinski definition) is 3. The molecule has 2 aromatic rings. The Bertz CT molecular complexity index is 518. The highest BCUT2D eigenvalue weighted by Gasteiger charge is 2.45. The lowest BCUT2D eigenvalue weighted by atomic mass is 9.75. The van der Waals surface area contributed by atoms with E-state index in [0.29, 0.717) is 6.04 Å². The molecule has 2 unspecified atom stereocenters. The first kappa shape index (κ1) is 11.9. The molecule has 1 aromatic heterocycles. The molecule has 0 spiro atoms. The molecule has 1 aliphatic rings. The van der Waals surface area contributed by atoms with Crippen LogP contribution in [0, 0.1) is 6.92 Å². The summed E-state index contributed by atoms with van der Waals surface area (Å²) in [5, 5.41) is 6.90. The van der Waals surface area contributed by atoms with E-state index < -0.39 is 0 Å². The Hall–Kier alpha value is -1.19. The number of thiazole rings is 1. The lowest BCUT2D eigenvalue weighted by Crippen LogP contribution is -2.39. The first-order valence-electron chi connectivity index (χ1n) is 6.44. The maximum absolute atomic E-state index is 4.60. The number of nitrogens with one attached hydrogen (secondary N) is 1. The lowest BCUT2D eigenvalue weighted by molar-refractivity contribution is 0.460. The van der Waals surface area contributed by atoms with Crippen molar-refractivity contribution in [3.63, 3.8) is 0 Å². The van der Waals surface area contributed by atoms with Crippen molar-refractivity contribution in [2.75, 3.05) is 6.54 Å². The van der Waals surface area contributed by atoms with Crippen LogP contribution in [0.3, 0.4) is 0 Å². The number of aryl methyl sites for hydroxylation is 1. The Morgan fingerprint density at radius 2 is 2.11 bits per heavy atom. The smallest absolute Gasteiger partial charge is 0.105 e. The predicted octanol–water partition coefficient (Wildman–Crippen LogP) is 3.12. The van der Waals surface area contributed by atoms with E-state index in [-0.39, 0.29) is 5.41 Å². The first-order chi connectivity index (χ1) is 8.73. The molecule has 0 aliphatic carbocycles. The molecule has 18 heavy (non-hydrogen) atoms. The Morgan fingerprint density at radius 1 is 1.33 bits per heavy atom. The van der Waals surface area contributed by atoms with Gasteiger partial charge < -0.3 is 5.32 Å². The normalized spacial score (nSPS) is 27.6. The summed E-state index contributed by atoms with van der Waals surface area (Å²) in [5.74, 6) is 0. The van der Waals surface area contributed by atoms with E-state index in [2.05, 4.69) is 53.8 Å². The molecule has 0 radical (unpaired) electrons. The maximum atomic E-state index is 4.60. The number of rotatable bonds is 2. The summed E-state index contributed by atoms with van der Waals surface area (Å²) in [4.78, 5) is 4.60. The fourth-order valence-corrected chi connectivity index (χ4v) is 3.96. The zero-order valence-corrected chi connectivity index (χ0v) is 11.6. The Labute approximate surface area is 112 Å². The number of nitrogens with zero attached hydrogens (tertiary/aromatic N) is 1.